The summed E-state index contributed by atoms with van der Waals surface area (Å²) in [5, 5.41) is 26.4. The van der Waals surface area contributed by atoms with Crippen molar-refractivity contribution in [2.75, 3.05) is 0 Å². The quantitative estimate of drug-likeness (QED) is 0.737. The van der Waals surface area contributed by atoms with Crippen molar-refractivity contribution >= 4 is 17.6 Å². The van der Waals surface area contributed by atoms with Gasteiger partial charge in [0, 0.05) is 12.7 Å². The van der Waals surface area contributed by atoms with Gasteiger partial charge in [-0.1, -0.05) is 0 Å². The van der Waals surface area contributed by atoms with Crippen molar-refractivity contribution < 1.29 is 19.8 Å². The summed E-state index contributed by atoms with van der Waals surface area (Å²) in [4.78, 5) is 26.9. The van der Waals surface area contributed by atoms with Gasteiger partial charge in [-0.2, -0.15) is 10.2 Å². The molecule has 0 aliphatic rings. The molecule has 0 saturated carbocycles. The fourth-order valence-electron chi connectivity index (χ4n) is 2.20. The molecule has 0 aliphatic carbocycles. The SMILES string of the molecule is CCn1nccc1-c1cc(C(=O)O)n2ncc(C(=O)O)c2n1. The fourth-order valence-corrected chi connectivity index (χ4v) is 2.20. The van der Waals surface area contributed by atoms with Crippen LogP contribution in [0.5, 0.6) is 0 Å². The molecule has 0 aliphatic heterocycles. The Morgan fingerprint density at radius 1 is 1.23 bits per heavy atom. The number of aromatic nitrogens is 5. The van der Waals surface area contributed by atoms with Crippen LogP contribution in [0.1, 0.15) is 27.8 Å². The van der Waals surface area contributed by atoms with Gasteiger partial charge < -0.3 is 10.2 Å². The van der Waals surface area contributed by atoms with Crippen LogP contribution in [0.15, 0.2) is 24.5 Å². The number of nitrogens with zero attached hydrogens (tertiary/aromatic N) is 5. The molecule has 9 nitrogen and oxygen atoms in total. The lowest BCUT2D eigenvalue weighted by Gasteiger charge is -2.07. The number of fused-ring (bicyclic) bond motifs is 1. The van der Waals surface area contributed by atoms with Gasteiger partial charge in [0.1, 0.15) is 5.56 Å². The monoisotopic (exact) mass is 301 g/mol. The molecular weight excluding hydrogens is 290 g/mol. The molecule has 3 aromatic heterocycles. The maximum absolute atomic E-state index is 11.4. The van der Waals surface area contributed by atoms with Crippen LogP contribution in [0.2, 0.25) is 0 Å². The standard InChI is InChI=1S/C13H11N5O4/c1-2-17-9(3-4-14-17)8-5-10(13(21)22)18-11(16-8)7(6-15-18)12(19)20/h3-6H,2H2,1H3,(H,19,20)(H,21,22). The summed E-state index contributed by atoms with van der Waals surface area (Å²) < 4.78 is 2.64. The van der Waals surface area contributed by atoms with Gasteiger partial charge >= 0.3 is 11.9 Å². The second-order valence-electron chi connectivity index (χ2n) is 4.46. The van der Waals surface area contributed by atoms with Crippen LogP contribution in [-0.2, 0) is 6.54 Å². The first-order valence-electron chi connectivity index (χ1n) is 6.40. The molecule has 0 radical (unpaired) electrons. The van der Waals surface area contributed by atoms with Crippen LogP contribution in [0.4, 0.5) is 0 Å². The highest BCUT2D eigenvalue weighted by Gasteiger charge is 2.20. The summed E-state index contributed by atoms with van der Waals surface area (Å²) in [6.45, 7) is 2.46. The summed E-state index contributed by atoms with van der Waals surface area (Å²) in [7, 11) is 0. The minimum Gasteiger partial charge on any atom is -0.477 e. The molecule has 112 valence electrons. The molecule has 2 N–H and O–H groups in total. The van der Waals surface area contributed by atoms with Gasteiger partial charge in [-0.15, -0.1) is 0 Å². The van der Waals surface area contributed by atoms with Gasteiger partial charge in [0.05, 0.1) is 17.6 Å². The first-order chi connectivity index (χ1) is 10.5. The van der Waals surface area contributed by atoms with Crippen molar-refractivity contribution in [2.24, 2.45) is 0 Å². The molecule has 3 aromatic rings. The number of hydrogen-bond donors (Lipinski definition) is 2. The van der Waals surface area contributed by atoms with Crippen LogP contribution in [0.3, 0.4) is 0 Å². The Labute approximate surface area is 123 Å². The molecular formula is C13H11N5O4. The Kier molecular flexibility index (Phi) is 3.09. The molecule has 3 heterocycles. The molecule has 0 amide bonds. The van der Waals surface area contributed by atoms with E-state index in [0.29, 0.717) is 17.9 Å². The highest BCUT2D eigenvalue weighted by Crippen LogP contribution is 2.21. The third kappa shape index (κ3) is 1.99. The van der Waals surface area contributed by atoms with E-state index < -0.39 is 11.9 Å². The maximum atomic E-state index is 11.4. The van der Waals surface area contributed by atoms with Crippen molar-refractivity contribution in [3.8, 4) is 11.4 Å². The van der Waals surface area contributed by atoms with E-state index in [1.165, 1.54) is 6.07 Å². The highest BCUT2D eigenvalue weighted by molar-refractivity contribution is 5.96. The van der Waals surface area contributed by atoms with Crippen molar-refractivity contribution in [3.63, 3.8) is 0 Å². The fraction of sp³-hybridized carbons (Fsp3) is 0.154. The maximum Gasteiger partial charge on any atom is 0.354 e. The van der Waals surface area contributed by atoms with Gasteiger partial charge in [-0.25, -0.2) is 19.1 Å². The summed E-state index contributed by atoms with van der Waals surface area (Å²) in [5.41, 5.74) is 0.576. The number of aromatic carboxylic acids is 2. The molecule has 0 unspecified atom stereocenters. The Bertz CT molecular complexity index is 895. The Balaban J connectivity index is 2.34. The molecule has 0 bridgehead atoms. The third-order valence-corrected chi connectivity index (χ3v) is 3.20. The lowest BCUT2D eigenvalue weighted by molar-refractivity contribution is 0.0678. The second kappa shape index (κ2) is 4.95. The summed E-state index contributed by atoms with van der Waals surface area (Å²) in [6.07, 6.45) is 2.65. The molecule has 0 saturated heterocycles. The van der Waals surface area contributed by atoms with Gasteiger partial charge in [-0.05, 0) is 19.1 Å². The molecule has 22 heavy (non-hydrogen) atoms. The molecule has 0 fully saturated rings. The zero-order chi connectivity index (χ0) is 15.9. The van der Waals surface area contributed by atoms with Gasteiger partial charge in [0.15, 0.2) is 11.3 Å². The summed E-state index contributed by atoms with van der Waals surface area (Å²) in [5.74, 6) is -2.45. The smallest absolute Gasteiger partial charge is 0.354 e. The van der Waals surface area contributed by atoms with Crippen LogP contribution in [-0.4, -0.2) is 46.5 Å². The van der Waals surface area contributed by atoms with E-state index >= 15 is 0 Å². The molecule has 0 atom stereocenters. The predicted octanol–water partition coefficient (Wildman–Crippen LogP) is 1.01. The van der Waals surface area contributed by atoms with Crippen molar-refractivity contribution in [2.45, 2.75) is 13.5 Å². The Morgan fingerprint density at radius 3 is 2.64 bits per heavy atom. The van der Waals surface area contributed by atoms with Crippen LogP contribution < -0.4 is 0 Å². The van der Waals surface area contributed by atoms with Crippen LogP contribution in [0.25, 0.3) is 17.0 Å². The van der Waals surface area contributed by atoms with Gasteiger partial charge in [0.2, 0.25) is 0 Å². The molecule has 3 rings (SSSR count). The number of aryl methyl sites for hydroxylation is 1. The largest absolute Gasteiger partial charge is 0.477 e. The minimum atomic E-state index is -1.23. The summed E-state index contributed by atoms with van der Waals surface area (Å²) >= 11 is 0. The van der Waals surface area contributed by atoms with Crippen LogP contribution >= 0.6 is 0 Å². The zero-order valence-corrected chi connectivity index (χ0v) is 11.5. The summed E-state index contributed by atoms with van der Waals surface area (Å²) in [6, 6.07) is 3.03. The normalized spacial score (nSPS) is 11.0. The van der Waals surface area contributed by atoms with E-state index in [4.69, 9.17) is 5.11 Å². The van der Waals surface area contributed by atoms with E-state index in [2.05, 4.69) is 15.2 Å². The van der Waals surface area contributed by atoms with E-state index in [9.17, 15) is 14.7 Å². The lowest BCUT2D eigenvalue weighted by Crippen LogP contribution is -2.10. The molecule has 0 aromatic carbocycles. The second-order valence-corrected chi connectivity index (χ2v) is 4.46. The molecule has 9 heteroatoms. The van der Waals surface area contributed by atoms with Crippen molar-refractivity contribution in [1.29, 1.82) is 0 Å². The first kappa shape index (κ1) is 13.7. The van der Waals surface area contributed by atoms with E-state index in [0.717, 1.165) is 10.7 Å². The van der Waals surface area contributed by atoms with Gasteiger partial charge in [-0.3, -0.25) is 4.68 Å². The van der Waals surface area contributed by atoms with Crippen LogP contribution in [0, 0.1) is 0 Å². The molecule has 0 spiro atoms. The average molecular weight is 301 g/mol. The number of rotatable bonds is 4. The number of carbonyl (C=O) groups is 2. The third-order valence-electron chi connectivity index (χ3n) is 3.20. The highest BCUT2D eigenvalue weighted by atomic mass is 16.4. The number of carboxylic acids is 2. The number of carboxylic acid groups (broad SMARTS) is 2. The topological polar surface area (TPSA) is 123 Å². The minimum absolute atomic E-state index is 0.0220. The Morgan fingerprint density at radius 2 is 2.00 bits per heavy atom. The van der Waals surface area contributed by atoms with E-state index in [-0.39, 0.29) is 16.9 Å². The average Bonchev–Trinajstić information content (AvgIpc) is 3.11. The number of hydrogen-bond acceptors (Lipinski definition) is 5. The van der Waals surface area contributed by atoms with E-state index in [1.807, 2.05) is 6.92 Å². The zero-order valence-electron chi connectivity index (χ0n) is 11.5. The van der Waals surface area contributed by atoms with Gasteiger partial charge in [0.25, 0.3) is 0 Å². The predicted molar refractivity (Wildman–Crippen MR) is 73.8 cm³/mol. The van der Waals surface area contributed by atoms with Crippen molar-refractivity contribution in [1.82, 2.24) is 24.4 Å². The van der Waals surface area contributed by atoms with E-state index in [1.54, 1.807) is 16.9 Å². The first-order valence-corrected chi connectivity index (χ1v) is 6.40. The van der Waals surface area contributed by atoms with Crippen molar-refractivity contribution in [3.05, 3.63) is 35.8 Å². The lowest BCUT2D eigenvalue weighted by atomic mass is 10.2. The Hall–Kier alpha value is -3.23.